The minimum atomic E-state index is -0.482. The largest absolute Gasteiger partial charge is 0.504 e. The first-order valence-corrected chi connectivity index (χ1v) is 12.3. The molecule has 0 fully saturated rings. The van der Waals surface area contributed by atoms with Crippen LogP contribution < -0.4 is 10.6 Å². The normalized spacial score (nSPS) is 10.0. The Morgan fingerprint density at radius 1 is 0.800 bits per heavy atom. The molecule has 2 aromatic carbocycles. The van der Waals surface area contributed by atoms with Crippen LogP contribution in [0.4, 0.5) is 0 Å². The van der Waals surface area contributed by atoms with Crippen molar-refractivity contribution in [3.8, 4) is 11.5 Å². The molecule has 35 heavy (non-hydrogen) atoms. The summed E-state index contributed by atoms with van der Waals surface area (Å²) in [5, 5.41) is 24.9. The number of phenolic OH excluding ortho intramolecular Hbond substituents is 2. The molecule has 0 spiro atoms. The van der Waals surface area contributed by atoms with Gasteiger partial charge in [-0.2, -0.15) is 0 Å². The number of aromatic hydroxyl groups is 2. The number of hydrogen-bond acceptors (Lipinski definition) is 5. The summed E-state index contributed by atoms with van der Waals surface area (Å²) in [7, 11) is 0. The van der Waals surface area contributed by atoms with Crippen molar-refractivity contribution in [1.82, 2.24) is 15.5 Å². The van der Waals surface area contributed by atoms with Gasteiger partial charge >= 0.3 is 0 Å². The van der Waals surface area contributed by atoms with E-state index in [0.717, 1.165) is 19.3 Å². The summed E-state index contributed by atoms with van der Waals surface area (Å²) in [5.74, 6) is -1.32. The molecule has 8 nitrogen and oxygen atoms in total. The minimum Gasteiger partial charge on any atom is -0.504 e. The quantitative estimate of drug-likeness (QED) is 0.252. The van der Waals surface area contributed by atoms with E-state index in [1.54, 1.807) is 17.0 Å². The second-order valence-corrected chi connectivity index (χ2v) is 7.74. The summed E-state index contributed by atoms with van der Waals surface area (Å²) in [6.07, 6.45) is 3.30. The number of carbonyl (C=O) groups is 3. The summed E-state index contributed by atoms with van der Waals surface area (Å²) >= 11 is 0. The number of nitrogens with one attached hydrogen (secondary N) is 2. The molecule has 2 rings (SSSR count). The Hall–Kier alpha value is -3.55. The molecule has 0 aliphatic heterocycles. The van der Waals surface area contributed by atoms with Crippen LogP contribution in [-0.4, -0.2) is 59.0 Å². The van der Waals surface area contributed by atoms with Crippen LogP contribution in [0.15, 0.2) is 48.5 Å². The van der Waals surface area contributed by atoms with E-state index in [-0.39, 0.29) is 23.1 Å². The van der Waals surface area contributed by atoms with E-state index in [2.05, 4.69) is 10.6 Å². The number of benzene rings is 2. The van der Waals surface area contributed by atoms with Gasteiger partial charge in [0.1, 0.15) is 0 Å². The van der Waals surface area contributed by atoms with Gasteiger partial charge in [0.05, 0.1) is 5.56 Å². The van der Waals surface area contributed by atoms with E-state index < -0.39 is 11.7 Å². The van der Waals surface area contributed by atoms with Crippen molar-refractivity contribution >= 4 is 17.7 Å². The Kier molecular flexibility index (Phi) is 14.3. The Morgan fingerprint density at radius 3 is 2.11 bits per heavy atom. The Balaban J connectivity index is 0.00000298. The van der Waals surface area contributed by atoms with Crippen LogP contribution in [0.5, 0.6) is 11.5 Å². The fourth-order valence-electron chi connectivity index (χ4n) is 3.34. The van der Waals surface area contributed by atoms with Gasteiger partial charge in [0.2, 0.25) is 5.91 Å². The molecule has 0 saturated carbocycles. The zero-order valence-corrected chi connectivity index (χ0v) is 21.0. The molecular formula is C27H39N3O5. The molecule has 0 aromatic heterocycles. The molecule has 0 heterocycles. The van der Waals surface area contributed by atoms with Crippen LogP contribution in [0, 0.1) is 0 Å². The Labute approximate surface area is 208 Å². The van der Waals surface area contributed by atoms with Gasteiger partial charge < -0.3 is 25.7 Å². The smallest absolute Gasteiger partial charge is 0.255 e. The number of rotatable bonds is 13. The lowest BCUT2D eigenvalue weighted by Crippen LogP contribution is -2.35. The maximum absolute atomic E-state index is 12.4. The van der Waals surface area contributed by atoms with Gasteiger partial charge in [-0.05, 0) is 49.9 Å². The molecule has 0 saturated heterocycles. The summed E-state index contributed by atoms with van der Waals surface area (Å²) in [5.41, 5.74) is 0.629. The van der Waals surface area contributed by atoms with Crippen molar-refractivity contribution in [2.24, 2.45) is 0 Å². The van der Waals surface area contributed by atoms with E-state index in [1.807, 2.05) is 39.0 Å². The standard InChI is InChI=1S/C25H33N3O5.C2H6/c1-2-10-22(30)28(17-7-6-15-26-24(32)19-11-4-3-5-12-19)18-9-16-27-25(33)20-13-8-14-21(29)23(20)31;1-2/h3-5,8,11-14,29,31H,2,6-7,9-10,15-18H2,1H3,(H,26,32)(H,27,33);1-2H3. The maximum Gasteiger partial charge on any atom is 0.255 e. The van der Waals surface area contributed by atoms with Crippen molar-refractivity contribution in [3.05, 3.63) is 59.7 Å². The molecule has 2 aromatic rings. The molecule has 0 aliphatic carbocycles. The van der Waals surface area contributed by atoms with Gasteiger partial charge in [-0.15, -0.1) is 0 Å². The van der Waals surface area contributed by atoms with Gasteiger partial charge in [-0.25, -0.2) is 0 Å². The molecule has 8 heteroatoms. The predicted molar refractivity (Wildman–Crippen MR) is 138 cm³/mol. The van der Waals surface area contributed by atoms with Gasteiger partial charge in [-0.3, -0.25) is 14.4 Å². The first-order chi connectivity index (χ1) is 16.9. The topological polar surface area (TPSA) is 119 Å². The van der Waals surface area contributed by atoms with Crippen LogP contribution in [0.25, 0.3) is 0 Å². The van der Waals surface area contributed by atoms with Crippen LogP contribution in [-0.2, 0) is 4.79 Å². The Morgan fingerprint density at radius 2 is 1.43 bits per heavy atom. The fraction of sp³-hybridized carbons (Fsp3) is 0.444. The summed E-state index contributed by atoms with van der Waals surface area (Å²) < 4.78 is 0. The zero-order valence-electron chi connectivity index (χ0n) is 21.0. The average molecular weight is 486 g/mol. The van der Waals surface area contributed by atoms with Gasteiger partial charge in [0, 0.05) is 38.2 Å². The van der Waals surface area contributed by atoms with E-state index >= 15 is 0 Å². The first-order valence-electron chi connectivity index (χ1n) is 12.3. The molecule has 0 aliphatic rings. The van der Waals surface area contributed by atoms with Crippen LogP contribution in [0.3, 0.4) is 0 Å². The van der Waals surface area contributed by atoms with Crippen molar-refractivity contribution < 1.29 is 24.6 Å². The molecule has 192 valence electrons. The van der Waals surface area contributed by atoms with E-state index in [4.69, 9.17) is 0 Å². The highest BCUT2D eigenvalue weighted by molar-refractivity contribution is 5.97. The second-order valence-electron chi connectivity index (χ2n) is 7.74. The first kappa shape index (κ1) is 29.5. The third kappa shape index (κ3) is 10.5. The van der Waals surface area contributed by atoms with Crippen LogP contribution >= 0.6 is 0 Å². The van der Waals surface area contributed by atoms with E-state index in [1.165, 1.54) is 18.2 Å². The van der Waals surface area contributed by atoms with Gasteiger partial charge in [-0.1, -0.05) is 45.0 Å². The van der Waals surface area contributed by atoms with Crippen molar-refractivity contribution in [2.45, 2.75) is 52.9 Å². The number of hydrogen-bond donors (Lipinski definition) is 4. The number of carbonyl (C=O) groups excluding carboxylic acids is 3. The van der Waals surface area contributed by atoms with Crippen LogP contribution in [0.2, 0.25) is 0 Å². The summed E-state index contributed by atoms with van der Waals surface area (Å²) in [6, 6.07) is 13.2. The minimum absolute atomic E-state index is 0.00599. The summed E-state index contributed by atoms with van der Waals surface area (Å²) in [4.78, 5) is 38.5. The zero-order chi connectivity index (χ0) is 26.1. The lowest BCUT2D eigenvalue weighted by Gasteiger charge is -2.23. The highest BCUT2D eigenvalue weighted by atomic mass is 16.3. The van der Waals surface area contributed by atoms with Gasteiger partial charge in [0.25, 0.3) is 11.8 Å². The Bertz CT molecular complexity index is 918. The van der Waals surface area contributed by atoms with Crippen LogP contribution in [0.1, 0.15) is 73.6 Å². The third-order valence-corrected chi connectivity index (χ3v) is 5.14. The number of unbranched alkanes of at least 4 members (excludes halogenated alkanes) is 1. The molecule has 0 bridgehead atoms. The highest BCUT2D eigenvalue weighted by Crippen LogP contribution is 2.27. The highest BCUT2D eigenvalue weighted by Gasteiger charge is 2.15. The number of amides is 3. The fourth-order valence-corrected chi connectivity index (χ4v) is 3.34. The molecular weight excluding hydrogens is 446 g/mol. The average Bonchev–Trinajstić information content (AvgIpc) is 2.88. The molecule has 3 amide bonds. The van der Waals surface area contributed by atoms with Gasteiger partial charge in [0.15, 0.2) is 11.5 Å². The lowest BCUT2D eigenvalue weighted by atomic mass is 10.1. The molecule has 0 atom stereocenters. The second kappa shape index (κ2) is 17.0. The van der Waals surface area contributed by atoms with Crippen molar-refractivity contribution in [3.63, 3.8) is 0 Å². The monoisotopic (exact) mass is 485 g/mol. The van der Waals surface area contributed by atoms with E-state index in [9.17, 15) is 24.6 Å². The molecule has 0 radical (unpaired) electrons. The SMILES string of the molecule is CC.CCCC(=O)N(CCCCNC(=O)c1ccccc1)CCCNC(=O)c1cccc(O)c1O. The summed E-state index contributed by atoms with van der Waals surface area (Å²) in [6.45, 7) is 7.91. The van der Waals surface area contributed by atoms with Crippen molar-refractivity contribution in [1.29, 1.82) is 0 Å². The third-order valence-electron chi connectivity index (χ3n) is 5.14. The molecule has 4 N–H and O–H groups in total. The predicted octanol–water partition coefficient (Wildman–Crippen LogP) is 4.08. The number of phenols is 2. The maximum atomic E-state index is 12.4. The van der Waals surface area contributed by atoms with E-state index in [0.29, 0.717) is 44.6 Å². The number of para-hydroxylation sites is 1. The number of nitrogens with zero attached hydrogens (tertiary/aromatic N) is 1. The lowest BCUT2D eigenvalue weighted by molar-refractivity contribution is -0.131. The van der Waals surface area contributed by atoms with Crippen molar-refractivity contribution in [2.75, 3.05) is 26.2 Å². The molecule has 0 unspecified atom stereocenters.